The number of rotatable bonds is 5. The van der Waals surface area contributed by atoms with Crippen LogP contribution in [0.3, 0.4) is 0 Å². The van der Waals surface area contributed by atoms with Gasteiger partial charge >= 0.3 is 5.97 Å². The second kappa shape index (κ2) is 7.85. The number of ether oxygens (including phenoxy) is 1. The van der Waals surface area contributed by atoms with Gasteiger partial charge in [0, 0.05) is 19.6 Å². The van der Waals surface area contributed by atoms with Gasteiger partial charge in [0.25, 0.3) is 0 Å². The average Bonchev–Trinajstić information content (AvgIpc) is 2.47. The van der Waals surface area contributed by atoms with Gasteiger partial charge in [-0.1, -0.05) is 6.42 Å². The zero-order valence-corrected chi connectivity index (χ0v) is 12.3. The Bertz CT molecular complexity index is 277. The predicted octanol–water partition coefficient (Wildman–Crippen LogP) is 1.75. The van der Waals surface area contributed by atoms with Gasteiger partial charge in [-0.15, -0.1) is 0 Å². The van der Waals surface area contributed by atoms with E-state index >= 15 is 0 Å². The molecule has 0 aromatic heterocycles. The highest BCUT2D eigenvalue weighted by molar-refractivity contribution is 5.72. The van der Waals surface area contributed by atoms with E-state index in [0.29, 0.717) is 6.61 Å². The Morgan fingerprint density at radius 3 is 2.47 bits per heavy atom. The molecule has 4 heteroatoms. The van der Waals surface area contributed by atoms with Crippen molar-refractivity contribution in [1.29, 1.82) is 0 Å². The lowest BCUT2D eigenvalue weighted by Crippen LogP contribution is -2.44. The van der Waals surface area contributed by atoms with Crippen LogP contribution >= 0.6 is 0 Å². The Morgan fingerprint density at radius 1 is 1.05 bits per heavy atom. The monoisotopic (exact) mass is 268 g/mol. The molecule has 0 amide bonds. The molecule has 4 nitrogen and oxygen atoms in total. The van der Waals surface area contributed by atoms with Gasteiger partial charge in [0.1, 0.15) is 0 Å². The Hall–Kier alpha value is -0.610. The molecular formula is C15H28N2O2. The molecule has 2 heterocycles. The summed E-state index contributed by atoms with van der Waals surface area (Å²) in [6.07, 6.45) is 6.23. The summed E-state index contributed by atoms with van der Waals surface area (Å²) >= 11 is 0. The standard InChI is InChI=1S/C15H28N2O2/c1-2-19-15(18)14-7-6-10-17(13-14)12-11-16-8-4-3-5-9-16/h14H,2-13H2,1H3/t14-/m1/s1. The lowest BCUT2D eigenvalue weighted by Gasteiger charge is -2.34. The molecular weight excluding hydrogens is 240 g/mol. The van der Waals surface area contributed by atoms with Gasteiger partial charge in [0.2, 0.25) is 0 Å². The zero-order valence-electron chi connectivity index (χ0n) is 12.3. The first-order valence-corrected chi connectivity index (χ1v) is 7.91. The van der Waals surface area contributed by atoms with Crippen LogP contribution in [-0.2, 0) is 9.53 Å². The van der Waals surface area contributed by atoms with Crippen LogP contribution in [0.15, 0.2) is 0 Å². The highest BCUT2D eigenvalue weighted by atomic mass is 16.5. The van der Waals surface area contributed by atoms with E-state index in [1.54, 1.807) is 0 Å². The van der Waals surface area contributed by atoms with Crippen LogP contribution in [0.25, 0.3) is 0 Å². The van der Waals surface area contributed by atoms with Gasteiger partial charge in [0.05, 0.1) is 12.5 Å². The molecule has 0 saturated carbocycles. The normalized spacial score (nSPS) is 26.3. The van der Waals surface area contributed by atoms with E-state index in [1.165, 1.54) is 32.4 Å². The summed E-state index contributed by atoms with van der Waals surface area (Å²) in [5, 5.41) is 0. The van der Waals surface area contributed by atoms with E-state index in [2.05, 4.69) is 9.80 Å². The van der Waals surface area contributed by atoms with Crippen LogP contribution in [0, 0.1) is 5.92 Å². The molecule has 2 rings (SSSR count). The molecule has 2 aliphatic rings. The fraction of sp³-hybridized carbons (Fsp3) is 0.933. The number of nitrogens with zero attached hydrogens (tertiary/aromatic N) is 2. The first kappa shape index (κ1) is 14.8. The third-order valence-corrected chi connectivity index (χ3v) is 4.31. The molecule has 0 aromatic carbocycles. The SMILES string of the molecule is CCOC(=O)[C@@H]1CCCN(CCN2CCCCC2)C1. The second-order valence-electron chi connectivity index (χ2n) is 5.79. The van der Waals surface area contributed by atoms with E-state index in [0.717, 1.165) is 39.0 Å². The molecule has 0 bridgehead atoms. The van der Waals surface area contributed by atoms with Crippen molar-refractivity contribution in [1.82, 2.24) is 9.80 Å². The minimum Gasteiger partial charge on any atom is -0.466 e. The summed E-state index contributed by atoms with van der Waals surface area (Å²) in [5.41, 5.74) is 0. The summed E-state index contributed by atoms with van der Waals surface area (Å²) in [5.74, 6) is 0.111. The number of esters is 1. The summed E-state index contributed by atoms with van der Waals surface area (Å²) in [6, 6.07) is 0. The molecule has 2 fully saturated rings. The van der Waals surface area contributed by atoms with Gasteiger partial charge in [-0.05, 0) is 52.2 Å². The van der Waals surface area contributed by atoms with Crippen molar-refractivity contribution in [2.24, 2.45) is 5.92 Å². The summed E-state index contributed by atoms with van der Waals surface area (Å²) < 4.78 is 5.15. The number of likely N-dealkylation sites (tertiary alicyclic amines) is 2. The van der Waals surface area contributed by atoms with Crippen LogP contribution < -0.4 is 0 Å². The number of hydrogen-bond donors (Lipinski definition) is 0. The quantitative estimate of drug-likeness (QED) is 0.711. The average molecular weight is 268 g/mol. The maximum absolute atomic E-state index is 11.8. The van der Waals surface area contributed by atoms with Crippen LogP contribution in [0.1, 0.15) is 39.0 Å². The number of carbonyl (C=O) groups is 1. The van der Waals surface area contributed by atoms with E-state index < -0.39 is 0 Å². The molecule has 2 aliphatic heterocycles. The Kier molecular flexibility index (Phi) is 6.11. The Labute approximate surface area is 117 Å². The van der Waals surface area contributed by atoms with E-state index in [1.807, 2.05) is 6.92 Å². The van der Waals surface area contributed by atoms with Crippen molar-refractivity contribution in [2.45, 2.75) is 39.0 Å². The summed E-state index contributed by atoms with van der Waals surface area (Å²) in [4.78, 5) is 16.8. The van der Waals surface area contributed by atoms with Crippen LogP contribution in [0.2, 0.25) is 0 Å². The third-order valence-electron chi connectivity index (χ3n) is 4.31. The first-order valence-electron chi connectivity index (χ1n) is 7.91. The molecule has 0 N–H and O–H groups in total. The predicted molar refractivity (Wildman–Crippen MR) is 76.1 cm³/mol. The fourth-order valence-corrected chi connectivity index (χ4v) is 3.18. The van der Waals surface area contributed by atoms with Crippen molar-refractivity contribution in [3.05, 3.63) is 0 Å². The fourth-order valence-electron chi connectivity index (χ4n) is 3.18. The smallest absolute Gasteiger partial charge is 0.310 e. The van der Waals surface area contributed by atoms with Gasteiger partial charge < -0.3 is 14.5 Å². The topological polar surface area (TPSA) is 32.8 Å². The molecule has 110 valence electrons. The number of piperidine rings is 2. The molecule has 0 aliphatic carbocycles. The van der Waals surface area contributed by atoms with Crippen LogP contribution in [0.4, 0.5) is 0 Å². The van der Waals surface area contributed by atoms with Crippen LogP contribution in [-0.4, -0.2) is 61.6 Å². The van der Waals surface area contributed by atoms with E-state index in [4.69, 9.17) is 4.74 Å². The highest BCUT2D eigenvalue weighted by Crippen LogP contribution is 2.18. The van der Waals surface area contributed by atoms with E-state index in [-0.39, 0.29) is 11.9 Å². The number of hydrogen-bond acceptors (Lipinski definition) is 4. The molecule has 0 spiro atoms. The van der Waals surface area contributed by atoms with Crippen molar-refractivity contribution < 1.29 is 9.53 Å². The van der Waals surface area contributed by atoms with Gasteiger partial charge in [-0.25, -0.2) is 0 Å². The van der Waals surface area contributed by atoms with Crippen molar-refractivity contribution in [3.8, 4) is 0 Å². The largest absolute Gasteiger partial charge is 0.466 e. The van der Waals surface area contributed by atoms with Crippen molar-refractivity contribution in [3.63, 3.8) is 0 Å². The lowest BCUT2D eigenvalue weighted by molar-refractivity contribution is -0.149. The maximum atomic E-state index is 11.8. The van der Waals surface area contributed by atoms with Crippen LogP contribution in [0.5, 0.6) is 0 Å². The Morgan fingerprint density at radius 2 is 1.74 bits per heavy atom. The molecule has 0 aromatic rings. The Balaban J connectivity index is 1.69. The minimum atomic E-state index is 0.00479. The molecule has 0 radical (unpaired) electrons. The van der Waals surface area contributed by atoms with E-state index in [9.17, 15) is 4.79 Å². The first-order chi connectivity index (χ1) is 9.29. The van der Waals surface area contributed by atoms with Crippen molar-refractivity contribution >= 4 is 5.97 Å². The molecule has 2 saturated heterocycles. The summed E-state index contributed by atoms with van der Waals surface area (Å²) in [6.45, 7) is 9.21. The van der Waals surface area contributed by atoms with Gasteiger partial charge in [-0.3, -0.25) is 4.79 Å². The van der Waals surface area contributed by atoms with Gasteiger partial charge in [0.15, 0.2) is 0 Å². The summed E-state index contributed by atoms with van der Waals surface area (Å²) in [7, 11) is 0. The molecule has 1 atom stereocenters. The van der Waals surface area contributed by atoms with Gasteiger partial charge in [-0.2, -0.15) is 0 Å². The molecule has 0 unspecified atom stereocenters. The lowest BCUT2D eigenvalue weighted by atomic mass is 9.98. The number of carbonyl (C=O) groups excluding carboxylic acids is 1. The third kappa shape index (κ3) is 4.77. The highest BCUT2D eigenvalue weighted by Gasteiger charge is 2.26. The zero-order chi connectivity index (χ0) is 13.5. The maximum Gasteiger partial charge on any atom is 0.310 e. The molecule has 19 heavy (non-hydrogen) atoms. The van der Waals surface area contributed by atoms with Crippen molar-refractivity contribution in [2.75, 3.05) is 45.9 Å². The second-order valence-corrected chi connectivity index (χ2v) is 5.79. The minimum absolute atomic E-state index is 0.00479.